The second-order valence-corrected chi connectivity index (χ2v) is 6.46. The molecule has 1 fully saturated rings. The molecule has 2 unspecified atom stereocenters. The third-order valence-electron chi connectivity index (χ3n) is 3.01. The smallest absolute Gasteiger partial charge is 0.256 e. The summed E-state index contributed by atoms with van der Waals surface area (Å²) in [6.45, 7) is 7.33. The molecule has 0 aromatic heterocycles. The van der Waals surface area contributed by atoms with Gasteiger partial charge in [-0.05, 0) is 12.8 Å². The zero-order valence-corrected chi connectivity index (χ0v) is 11.9. The van der Waals surface area contributed by atoms with Crippen molar-refractivity contribution >= 4 is 17.7 Å². The van der Waals surface area contributed by atoms with Crippen LogP contribution in [-0.2, 0) is 9.53 Å². The van der Waals surface area contributed by atoms with Crippen LogP contribution in [0.25, 0.3) is 0 Å². The van der Waals surface area contributed by atoms with Gasteiger partial charge in [0.25, 0.3) is 5.91 Å². The highest BCUT2D eigenvalue weighted by molar-refractivity contribution is 8.00. The molecule has 0 aliphatic carbocycles. The summed E-state index contributed by atoms with van der Waals surface area (Å²) < 4.78 is 4.89. The van der Waals surface area contributed by atoms with Crippen molar-refractivity contribution in [1.29, 1.82) is 0 Å². The Kier molecular flexibility index (Phi) is 5.28. The van der Waals surface area contributed by atoms with E-state index in [4.69, 9.17) is 4.74 Å². The molecule has 1 rings (SSSR count). The van der Waals surface area contributed by atoms with Crippen molar-refractivity contribution in [2.24, 2.45) is 5.92 Å². The summed E-state index contributed by atoms with van der Waals surface area (Å²) in [6, 6.07) is 0. The van der Waals surface area contributed by atoms with E-state index < -0.39 is 5.60 Å². The fourth-order valence-electron chi connectivity index (χ4n) is 1.95. The standard InChI is InChI=1S/C12H23NO3S/c1-9(2)10-7-13(5-6-17-10)11(14)12(3,15)8-16-4/h9-10,15H,5-8H2,1-4H3. The molecule has 4 nitrogen and oxygen atoms in total. The van der Waals surface area contributed by atoms with E-state index in [-0.39, 0.29) is 12.5 Å². The van der Waals surface area contributed by atoms with Gasteiger partial charge in [0.15, 0.2) is 5.60 Å². The lowest BCUT2D eigenvalue weighted by Gasteiger charge is -2.37. The molecule has 0 spiro atoms. The minimum atomic E-state index is -1.40. The number of methoxy groups -OCH3 is 1. The van der Waals surface area contributed by atoms with Gasteiger partial charge in [-0.25, -0.2) is 0 Å². The van der Waals surface area contributed by atoms with Gasteiger partial charge in [0.2, 0.25) is 0 Å². The molecule has 17 heavy (non-hydrogen) atoms. The molecule has 0 saturated carbocycles. The second-order valence-electron chi connectivity index (χ2n) is 5.11. The fourth-order valence-corrected chi connectivity index (χ4v) is 3.25. The first-order chi connectivity index (χ1) is 7.88. The molecular weight excluding hydrogens is 238 g/mol. The molecule has 0 aromatic rings. The number of amides is 1. The van der Waals surface area contributed by atoms with Crippen LogP contribution in [0.5, 0.6) is 0 Å². The molecule has 1 aliphatic rings. The lowest BCUT2D eigenvalue weighted by atomic mass is 10.0. The molecule has 100 valence electrons. The van der Waals surface area contributed by atoms with E-state index in [1.165, 1.54) is 14.0 Å². The van der Waals surface area contributed by atoms with Gasteiger partial charge >= 0.3 is 0 Å². The molecule has 1 N–H and O–H groups in total. The van der Waals surface area contributed by atoms with Gasteiger partial charge < -0.3 is 14.7 Å². The van der Waals surface area contributed by atoms with Crippen LogP contribution < -0.4 is 0 Å². The van der Waals surface area contributed by atoms with E-state index in [1.807, 2.05) is 11.8 Å². The van der Waals surface area contributed by atoms with Gasteiger partial charge in [0.1, 0.15) is 0 Å². The number of aliphatic hydroxyl groups is 1. The molecule has 0 radical (unpaired) electrons. The van der Waals surface area contributed by atoms with Gasteiger partial charge in [0, 0.05) is 31.2 Å². The number of thioether (sulfide) groups is 1. The Labute approximate surface area is 108 Å². The number of hydrogen-bond acceptors (Lipinski definition) is 4. The van der Waals surface area contributed by atoms with E-state index in [2.05, 4.69) is 13.8 Å². The lowest BCUT2D eigenvalue weighted by Crippen LogP contribution is -2.54. The fraction of sp³-hybridized carbons (Fsp3) is 0.917. The van der Waals surface area contributed by atoms with E-state index in [0.717, 1.165) is 12.3 Å². The summed E-state index contributed by atoms with van der Waals surface area (Å²) in [5.41, 5.74) is -1.40. The third-order valence-corrected chi connectivity index (χ3v) is 4.55. The maximum absolute atomic E-state index is 12.2. The molecule has 1 saturated heterocycles. The molecule has 5 heteroatoms. The first-order valence-electron chi connectivity index (χ1n) is 6.00. The number of carbonyl (C=O) groups excluding carboxylic acids is 1. The molecule has 0 aromatic carbocycles. The zero-order valence-electron chi connectivity index (χ0n) is 11.1. The van der Waals surface area contributed by atoms with Crippen molar-refractivity contribution < 1.29 is 14.6 Å². The van der Waals surface area contributed by atoms with E-state index in [0.29, 0.717) is 17.7 Å². The summed E-state index contributed by atoms with van der Waals surface area (Å²) in [5, 5.41) is 10.5. The molecule has 1 amide bonds. The van der Waals surface area contributed by atoms with E-state index in [1.54, 1.807) is 4.90 Å². The highest BCUT2D eigenvalue weighted by Crippen LogP contribution is 2.26. The van der Waals surface area contributed by atoms with Crippen LogP contribution in [0.4, 0.5) is 0 Å². The summed E-state index contributed by atoms with van der Waals surface area (Å²) in [7, 11) is 1.49. The topological polar surface area (TPSA) is 49.8 Å². The minimum absolute atomic E-state index is 0.0435. The van der Waals surface area contributed by atoms with Crippen molar-refractivity contribution in [3.8, 4) is 0 Å². The Bertz CT molecular complexity index is 268. The Morgan fingerprint density at radius 1 is 1.65 bits per heavy atom. The second kappa shape index (κ2) is 6.07. The van der Waals surface area contributed by atoms with Gasteiger partial charge in [-0.15, -0.1) is 0 Å². The minimum Gasteiger partial charge on any atom is -0.381 e. The van der Waals surface area contributed by atoms with Gasteiger partial charge in [-0.2, -0.15) is 11.8 Å². The summed E-state index contributed by atoms with van der Waals surface area (Å²) in [4.78, 5) is 13.9. The van der Waals surface area contributed by atoms with Crippen LogP contribution in [0.3, 0.4) is 0 Å². The van der Waals surface area contributed by atoms with Crippen LogP contribution in [0.1, 0.15) is 20.8 Å². The highest BCUT2D eigenvalue weighted by atomic mass is 32.2. The van der Waals surface area contributed by atoms with Crippen molar-refractivity contribution in [3.63, 3.8) is 0 Å². The molecular formula is C12H23NO3S. The Hall–Kier alpha value is -0.260. The quantitative estimate of drug-likeness (QED) is 0.820. The normalized spacial score (nSPS) is 24.8. The Morgan fingerprint density at radius 3 is 2.82 bits per heavy atom. The molecule has 1 aliphatic heterocycles. The number of carbonyl (C=O) groups is 1. The monoisotopic (exact) mass is 261 g/mol. The maximum Gasteiger partial charge on any atom is 0.256 e. The summed E-state index contributed by atoms with van der Waals surface area (Å²) >= 11 is 1.91. The van der Waals surface area contributed by atoms with Crippen LogP contribution >= 0.6 is 11.8 Å². The summed E-state index contributed by atoms with van der Waals surface area (Å²) in [6.07, 6.45) is 0. The average molecular weight is 261 g/mol. The van der Waals surface area contributed by atoms with Crippen LogP contribution in [-0.4, -0.2) is 59.3 Å². The van der Waals surface area contributed by atoms with Gasteiger partial charge in [-0.3, -0.25) is 4.79 Å². The Balaban J connectivity index is 2.63. The predicted molar refractivity (Wildman–Crippen MR) is 70.2 cm³/mol. The van der Waals surface area contributed by atoms with E-state index >= 15 is 0 Å². The van der Waals surface area contributed by atoms with Crippen molar-refractivity contribution in [2.75, 3.05) is 32.6 Å². The molecule has 1 heterocycles. The third kappa shape index (κ3) is 3.86. The summed E-state index contributed by atoms with van der Waals surface area (Å²) in [5.74, 6) is 1.27. The van der Waals surface area contributed by atoms with Crippen molar-refractivity contribution in [2.45, 2.75) is 31.6 Å². The number of rotatable bonds is 4. The first-order valence-corrected chi connectivity index (χ1v) is 7.05. The molecule has 0 bridgehead atoms. The first kappa shape index (κ1) is 14.8. The average Bonchev–Trinajstić information content (AvgIpc) is 2.28. The van der Waals surface area contributed by atoms with E-state index in [9.17, 15) is 9.90 Å². The van der Waals surface area contributed by atoms with Crippen LogP contribution in [0.15, 0.2) is 0 Å². The van der Waals surface area contributed by atoms with Crippen molar-refractivity contribution in [3.05, 3.63) is 0 Å². The number of nitrogens with zero attached hydrogens (tertiary/aromatic N) is 1. The van der Waals surface area contributed by atoms with Crippen molar-refractivity contribution in [1.82, 2.24) is 4.90 Å². The highest BCUT2D eigenvalue weighted by Gasteiger charge is 2.37. The number of ether oxygens (including phenoxy) is 1. The Morgan fingerprint density at radius 2 is 2.29 bits per heavy atom. The largest absolute Gasteiger partial charge is 0.381 e. The van der Waals surface area contributed by atoms with Gasteiger partial charge in [-0.1, -0.05) is 13.8 Å². The predicted octanol–water partition coefficient (Wildman–Crippen LogP) is 0.984. The van der Waals surface area contributed by atoms with Crippen LogP contribution in [0.2, 0.25) is 0 Å². The van der Waals surface area contributed by atoms with Crippen LogP contribution in [0, 0.1) is 5.92 Å². The maximum atomic E-state index is 12.2. The lowest BCUT2D eigenvalue weighted by molar-refractivity contribution is -0.154. The zero-order chi connectivity index (χ0) is 13.1. The molecule has 2 atom stereocenters. The number of hydrogen-bond donors (Lipinski definition) is 1. The van der Waals surface area contributed by atoms with Gasteiger partial charge in [0.05, 0.1) is 6.61 Å². The SMILES string of the molecule is COCC(C)(O)C(=O)N1CCSC(C(C)C)C1.